The van der Waals surface area contributed by atoms with Crippen LogP contribution >= 0.6 is 0 Å². The van der Waals surface area contributed by atoms with Crippen LogP contribution in [-0.4, -0.2) is 11.7 Å². The van der Waals surface area contributed by atoms with Gasteiger partial charge in [-0.25, -0.2) is 4.98 Å². The van der Waals surface area contributed by atoms with Crippen molar-refractivity contribution in [2.75, 3.05) is 9.80 Å². The van der Waals surface area contributed by atoms with Crippen molar-refractivity contribution < 1.29 is 0 Å². The summed E-state index contributed by atoms with van der Waals surface area (Å²) in [4.78, 5) is 10.5. The zero-order valence-corrected chi connectivity index (χ0v) is 38.5. The zero-order valence-electron chi connectivity index (χ0n) is 38.5. The van der Waals surface area contributed by atoms with Crippen LogP contribution < -0.4 is 26.2 Å². The largest absolute Gasteiger partial charge is 0.311 e. The van der Waals surface area contributed by atoms with Gasteiger partial charge in [-0.15, -0.1) is 0 Å². The van der Waals surface area contributed by atoms with E-state index in [1.165, 1.54) is 104 Å². The van der Waals surface area contributed by atoms with Crippen LogP contribution in [0.2, 0.25) is 0 Å². The minimum absolute atomic E-state index is 0.120. The van der Waals surface area contributed by atoms with E-state index in [1.807, 2.05) is 0 Å². The standard InChI is InChI=1S/C67H40BN3/c1-5-15-41(16-6-1)55-35-49(36-56(69-55)42-17-7-2-8-18-42)50-39-59-67-60(40-50)71(52-25-11-4-12-26-52)58-38-48-30-28-44-20-14-22-46-32-34-54(64(48)62(44)46)66(58)68(67)65-53-33-31-45-21-13-19-43-27-29-47(63(53)61(43)45)37-57(65)70(59)51-23-9-3-10-24-51/h1-40H. The van der Waals surface area contributed by atoms with Crippen molar-refractivity contribution in [2.45, 2.75) is 0 Å². The lowest BCUT2D eigenvalue weighted by Gasteiger charge is -2.45. The molecule has 2 aliphatic rings. The van der Waals surface area contributed by atoms with E-state index < -0.39 is 0 Å². The van der Waals surface area contributed by atoms with Crippen LogP contribution in [0.25, 0.3) is 98.3 Å². The summed E-state index contributed by atoms with van der Waals surface area (Å²) in [7, 11) is 0. The second-order valence-corrected chi connectivity index (χ2v) is 19.4. The Kier molecular flexibility index (Phi) is 7.97. The third-order valence-corrected chi connectivity index (χ3v) is 15.6. The summed E-state index contributed by atoms with van der Waals surface area (Å²) >= 11 is 0. The van der Waals surface area contributed by atoms with E-state index in [9.17, 15) is 0 Å². The lowest BCUT2D eigenvalue weighted by atomic mass is 9.32. The second kappa shape index (κ2) is 14.6. The predicted molar refractivity (Wildman–Crippen MR) is 302 cm³/mol. The molecule has 0 fully saturated rings. The van der Waals surface area contributed by atoms with Crippen LogP contribution in [-0.2, 0) is 0 Å². The average molecular weight is 898 g/mol. The summed E-state index contributed by atoms with van der Waals surface area (Å²) in [6.07, 6.45) is 0. The highest BCUT2D eigenvalue weighted by atomic mass is 15.2. The number of hydrogen-bond donors (Lipinski definition) is 0. The fourth-order valence-electron chi connectivity index (χ4n) is 12.7. The van der Waals surface area contributed by atoms with Crippen molar-refractivity contribution in [1.29, 1.82) is 0 Å². The number of rotatable bonds is 5. The number of nitrogens with zero attached hydrogens (tertiary/aromatic N) is 3. The molecule has 326 valence electrons. The molecule has 0 saturated heterocycles. The summed E-state index contributed by atoms with van der Waals surface area (Å²) in [5.41, 5.74) is 17.3. The maximum Gasteiger partial charge on any atom is 0.253 e. The van der Waals surface area contributed by atoms with Gasteiger partial charge in [0, 0.05) is 45.3 Å². The molecule has 0 N–H and O–H groups in total. The van der Waals surface area contributed by atoms with Crippen molar-refractivity contribution in [2.24, 2.45) is 0 Å². The van der Waals surface area contributed by atoms with Crippen LogP contribution in [0.15, 0.2) is 243 Å². The molecule has 0 saturated carbocycles. The Balaban J connectivity index is 1.09. The molecule has 16 rings (SSSR count). The Morgan fingerprint density at radius 2 is 0.634 bits per heavy atom. The first-order chi connectivity index (χ1) is 35.2. The highest BCUT2D eigenvalue weighted by Gasteiger charge is 2.46. The van der Waals surface area contributed by atoms with Gasteiger partial charge in [0.25, 0.3) is 6.71 Å². The van der Waals surface area contributed by atoms with E-state index in [4.69, 9.17) is 4.98 Å². The van der Waals surface area contributed by atoms with Gasteiger partial charge in [0.05, 0.1) is 11.4 Å². The van der Waals surface area contributed by atoms with E-state index >= 15 is 0 Å². The number of fused-ring (bicyclic) bond motifs is 6. The van der Waals surface area contributed by atoms with Gasteiger partial charge in [-0.05, 0) is 153 Å². The molecule has 4 heteroatoms. The van der Waals surface area contributed by atoms with E-state index in [-0.39, 0.29) is 6.71 Å². The summed E-state index contributed by atoms with van der Waals surface area (Å²) < 4.78 is 0. The molecule has 14 aromatic rings. The van der Waals surface area contributed by atoms with Crippen molar-refractivity contribution in [3.05, 3.63) is 243 Å². The summed E-state index contributed by atoms with van der Waals surface area (Å²) in [6.45, 7) is -0.120. The second-order valence-electron chi connectivity index (χ2n) is 19.4. The molecule has 0 bridgehead atoms. The van der Waals surface area contributed by atoms with Crippen molar-refractivity contribution in [3.8, 4) is 33.6 Å². The Morgan fingerprint density at radius 3 is 1.07 bits per heavy atom. The Morgan fingerprint density at radius 1 is 0.268 bits per heavy atom. The highest BCUT2D eigenvalue weighted by molar-refractivity contribution is 7.03. The summed E-state index contributed by atoms with van der Waals surface area (Å²) in [5, 5.41) is 15.5. The molecule has 0 aliphatic carbocycles. The normalized spacial score (nSPS) is 13.0. The Labute approximate surface area is 410 Å². The third-order valence-electron chi connectivity index (χ3n) is 15.6. The third kappa shape index (κ3) is 5.53. The summed E-state index contributed by atoms with van der Waals surface area (Å²) in [5.74, 6) is 0. The summed E-state index contributed by atoms with van der Waals surface area (Å²) in [6, 6.07) is 90.2. The predicted octanol–water partition coefficient (Wildman–Crippen LogP) is 16.0. The molecule has 0 radical (unpaired) electrons. The fraction of sp³-hybridized carbons (Fsp3) is 0. The van der Waals surface area contributed by atoms with Crippen molar-refractivity contribution >= 4 is 122 Å². The monoisotopic (exact) mass is 897 g/mol. The molecule has 3 nitrogen and oxygen atoms in total. The molecule has 1 aromatic heterocycles. The van der Waals surface area contributed by atoms with Gasteiger partial charge >= 0.3 is 0 Å². The molecule has 71 heavy (non-hydrogen) atoms. The van der Waals surface area contributed by atoms with E-state index in [0.29, 0.717) is 0 Å². The molecule has 0 atom stereocenters. The number of hydrogen-bond acceptors (Lipinski definition) is 3. The van der Waals surface area contributed by atoms with Gasteiger partial charge in [0.1, 0.15) is 0 Å². The number of pyridine rings is 1. The molecule has 0 unspecified atom stereocenters. The number of benzene rings is 13. The molecule has 3 heterocycles. The van der Waals surface area contributed by atoms with Gasteiger partial charge in [0.15, 0.2) is 0 Å². The van der Waals surface area contributed by atoms with Gasteiger partial charge in [-0.1, -0.05) is 182 Å². The zero-order chi connectivity index (χ0) is 46.3. The minimum atomic E-state index is -0.120. The smallest absolute Gasteiger partial charge is 0.253 e. The Hall–Kier alpha value is -9.25. The van der Waals surface area contributed by atoms with Gasteiger partial charge < -0.3 is 9.80 Å². The van der Waals surface area contributed by atoms with Crippen LogP contribution in [0.4, 0.5) is 34.1 Å². The maximum atomic E-state index is 5.35. The van der Waals surface area contributed by atoms with Crippen LogP contribution in [0.3, 0.4) is 0 Å². The number of aromatic nitrogens is 1. The molecule has 13 aromatic carbocycles. The molecular formula is C67H40BN3. The van der Waals surface area contributed by atoms with Crippen LogP contribution in [0, 0.1) is 0 Å². The SMILES string of the molecule is c1ccc(-c2cc(-c3cc4c5c(c3)N(c3ccccc3)c3cc6ccc7cccc8ccc(c3B5c3c(cc5ccc9cccc%10ccc3c5c9%10)N4c3ccccc3)c6c78)cc(-c3ccccc3)n2)cc1. The quantitative estimate of drug-likeness (QED) is 0.127. The Bertz CT molecular complexity index is 4150. The van der Waals surface area contributed by atoms with E-state index in [1.54, 1.807) is 0 Å². The first kappa shape index (κ1) is 38.7. The maximum absolute atomic E-state index is 5.35. The number of para-hydroxylation sites is 2. The first-order valence-corrected chi connectivity index (χ1v) is 24.6. The van der Waals surface area contributed by atoms with Crippen molar-refractivity contribution in [3.63, 3.8) is 0 Å². The van der Waals surface area contributed by atoms with Gasteiger partial charge in [0.2, 0.25) is 0 Å². The van der Waals surface area contributed by atoms with Gasteiger partial charge in [-0.2, -0.15) is 0 Å². The lowest BCUT2D eigenvalue weighted by molar-refractivity contribution is 1.26. The highest BCUT2D eigenvalue weighted by Crippen LogP contribution is 2.50. The molecule has 2 aliphatic heterocycles. The lowest BCUT2D eigenvalue weighted by Crippen LogP contribution is -2.61. The van der Waals surface area contributed by atoms with Gasteiger partial charge in [-0.3, -0.25) is 0 Å². The molecular weight excluding hydrogens is 858 g/mol. The van der Waals surface area contributed by atoms with Crippen LogP contribution in [0.5, 0.6) is 0 Å². The minimum Gasteiger partial charge on any atom is -0.311 e. The topological polar surface area (TPSA) is 19.4 Å². The van der Waals surface area contributed by atoms with E-state index in [0.717, 1.165) is 45.0 Å². The fourth-order valence-corrected chi connectivity index (χ4v) is 12.7. The molecule has 0 spiro atoms. The van der Waals surface area contributed by atoms with Crippen LogP contribution in [0.1, 0.15) is 0 Å². The first-order valence-electron chi connectivity index (χ1n) is 24.6. The average Bonchev–Trinajstić information content (AvgIpc) is 3.44. The number of anilines is 6. The van der Waals surface area contributed by atoms with Crippen molar-refractivity contribution in [1.82, 2.24) is 4.98 Å². The van der Waals surface area contributed by atoms with E-state index in [2.05, 4.69) is 252 Å². The molecule has 0 amide bonds.